The van der Waals surface area contributed by atoms with Crippen LogP contribution in [-0.4, -0.2) is 10.9 Å². The van der Waals surface area contributed by atoms with E-state index in [1.54, 1.807) is 30.5 Å². The summed E-state index contributed by atoms with van der Waals surface area (Å²) in [5.74, 6) is -0.811. The molecule has 0 radical (unpaired) electrons. The third-order valence-corrected chi connectivity index (χ3v) is 3.92. The fourth-order valence-electron chi connectivity index (χ4n) is 1.96. The summed E-state index contributed by atoms with van der Waals surface area (Å²) >= 11 is 1.24. The number of hydrogen-bond acceptors (Lipinski definition) is 3. The van der Waals surface area contributed by atoms with Crippen molar-refractivity contribution in [2.75, 3.05) is 0 Å². The van der Waals surface area contributed by atoms with E-state index in [2.05, 4.69) is 4.98 Å². The quantitative estimate of drug-likeness (QED) is 0.778. The highest BCUT2D eigenvalue weighted by Crippen LogP contribution is 2.33. The second-order valence-electron chi connectivity index (χ2n) is 4.06. The van der Waals surface area contributed by atoms with Crippen LogP contribution in [0.2, 0.25) is 0 Å². The van der Waals surface area contributed by atoms with Crippen molar-refractivity contribution in [1.29, 1.82) is 0 Å². The molecule has 1 amide bonds. The van der Waals surface area contributed by atoms with Crippen LogP contribution in [0.25, 0.3) is 21.3 Å². The Hall–Kier alpha value is -2.27. The maximum absolute atomic E-state index is 13.6. The van der Waals surface area contributed by atoms with Gasteiger partial charge in [-0.3, -0.25) is 9.78 Å². The Morgan fingerprint density at radius 2 is 2.11 bits per heavy atom. The molecule has 0 spiro atoms. The molecule has 2 N–H and O–H groups in total. The standard InChI is InChI=1S/C14H9FN2OS/c15-9-6-8-2-1-5-17-13(8)10(7-9)11-3-4-12(19-11)14(16)18/h1-7H,(H2,16,18). The Balaban J connectivity index is 2.26. The van der Waals surface area contributed by atoms with Gasteiger partial charge < -0.3 is 5.73 Å². The van der Waals surface area contributed by atoms with Crippen LogP contribution < -0.4 is 5.73 Å². The van der Waals surface area contributed by atoms with E-state index in [1.165, 1.54) is 23.5 Å². The van der Waals surface area contributed by atoms with E-state index < -0.39 is 5.91 Å². The molecule has 0 aliphatic carbocycles. The molecule has 0 bridgehead atoms. The van der Waals surface area contributed by atoms with Crippen molar-refractivity contribution in [3.05, 3.63) is 53.3 Å². The molecule has 94 valence electrons. The molecule has 19 heavy (non-hydrogen) atoms. The van der Waals surface area contributed by atoms with E-state index in [1.807, 2.05) is 0 Å². The van der Waals surface area contributed by atoms with Crippen LogP contribution in [0.1, 0.15) is 9.67 Å². The molecule has 3 nitrogen and oxygen atoms in total. The lowest BCUT2D eigenvalue weighted by Gasteiger charge is -2.04. The smallest absolute Gasteiger partial charge is 0.258 e. The Bertz CT molecular complexity index is 782. The van der Waals surface area contributed by atoms with Crippen molar-refractivity contribution in [3.8, 4) is 10.4 Å². The van der Waals surface area contributed by atoms with Gasteiger partial charge in [0.1, 0.15) is 5.82 Å². The number of amides is 1. The minimum atomic E-state index is -0.482. The number of primary amides is 1. The van der Waals surface area contributed by atoms with E-state index >= 15 is 0 Å². The predicted molar refractivity (Wildman–Crippen MR) is 73.5 cm³/mol. The first-order valence-corrected chi connectivity index (χ1v) is 6.41. The van der Waals surface area contributed by atoms with Gasteiger partial charge in [-0.15, -0.1) is 11.3 Å². The lowest BCUT2D eigenvalue weighted by atomic mass is 10.1. The summed E-state index contributed by atoms with van der Waals surface area (Å²) in [7, 11) is 0. The Morgan fingerprint density at radius 3 is 2.84 bits per heavy atom. The highest BCUT2D eigenvalue weighted by atomic mass is 32.1. The molecule has 0 unspecified atom stereocenters. The molecule has 0 aliphatic rings. The van der Waals surface area contributed by atoms with Gasteiger partial charge in [0.05, 0.1) is 10.4 Å². The van der Waals surface area contributed by atoms with Crippen LogP contribution in [0.5, 0.6) is 0 Å². The van der Waals surface area contributed by atoms with E-state index in [0.29, 0.717) is 16.0 Å². The van der Waals surface area contributed by atoms with Crippen LogP contribution in [0, 0.1) is 5.82 Å². The molecule has 0 aliphatic heterocycles. The highest BCUT2D eigenvalue weighted by molar-refractivity contribution is 7.17. The first kappa shape index (κ1) is 11.8. The van der Waals surface area contributed by atoms with E-state index in [0.717, 1.165) is 10.3 Å². The van der Waals surface area contributed by atoms with Crippen LogP contribution in [0.3, 0.4) is 0 Å². The maximum Gasteiger partial charge on any atom is 0.258 e. The average Bonchev–Trinajstić information content (AvgIpc) is 2.87. The summed E-state index contributed by atoms with van der Waals surface area (Å²) in [5.41, 5.74) is 6.61. The van der Waals surface area contributed by atoms with Gasteiger partial charge >= 0.3 is 0 Å². The van der Waals surface area contributed by atoms with Gasteiger partial charge in [0.15, 0.2) is 0 Å². The molecular weight excluding hydrogens is 263 g/mol. The summed E-state index contributed by atoms with van der Waals surface area (Å²) in [6.07, 6.45) is 1.66. The molecule has 2 heterocycles. The van der Waals surface area contributed by atoms with Crippen molar-refractivity contribution in [1.82, 2.24) is 4.98 Å². The van der Waals surface area contributed by atoms with E-state index in [4.69, 9.17) is 5.73 Å². The molecule has 5 heteroatoms. The number of thiophene rings is 1. The SMILES string of the molecule is NC(=O)c1ccc(-c2cc(F)cc3cccnc23)s1. The van der Waals surface area contributed by atoms with Crippen LogP contribution in [-0.2, 0) is 0 Å². The van der Waals surface area contributed by atoms with Gasteiger partial charge in [-0.25, -0.2) is 4.39 Å². The monoisotopic (exact) mass is 272 g/mol. The second kappa shape index (κ2) is 4.44. The van der Waals surface area contributed by atoms with Crippen LogP contribution >= 0.6 is 11.3 Å². The zero-order chi connectivity index (χ0) is 13.4. The number of hydrogen-bond donors (Lipinski definition) is 1. The number of benzene rings is 1. The number of nitrogens with two attached hydrogens (primary N) is 1. The molecule has 3 aromatic rings. The maximum atomic E-state index is 13.6. The summed E-state index contributed by atoms with van der Waals surface area (Å²) in [6, 6.07) is 9.82. The number of pyridine rings is 1. The van der Waals surface area contributed by atoms with Gasteiger partial charge in [-0.05, 0) is 30.3 Å². The van der Waals surface area contributed by atoms with Gasteiger partial charge in [0, 0.05) is 22.0 Å². The Labute approximate surface area is 112 Å². The predicted octanol–water partition coefficient (Wildman–Crippen LogP) is 3.20. The third kappa shape index (κ3) is 2.08. The minimum Gasteiger partial charge on any atom is -0.365 e. The van der Waals surface area contributed by atoms with Crippen LogP contribution in [0.4, 0.5) is 4.39 Å². The highest BCUT2D eigenvalue weighted by Gasteiger charge is 2.11. The lowest BCUT2D eigenvalue weighted by Crippen LogP contribution is -2.07. The van der Waals surface area contributed by atoms with E-state index in [-0.39, 0.29) is 5.82 Å². The Morgan fingerprint density at radius 1 is 1.26 bits per heavy atom. The fourth-order valence-corrected chi connectivity index (χ4v) is 2.83. The summed E-state index contributed by atoms with van der Waals surface area (Å²) in [4.78, 5) is 16.6. The van der Waals surface area contributed by atoms with Crippen molar-refractivity contribution < 1.29 is 9.18 Å². The number of halogens is 1. The molecule has 0 saturated carbocycles. The average molecular weight is 272 g/mol. The number of carbonyl (C=O) groups is 1. The first-order valence-electron chi connectivity index (χ1n) is 5.59. The minimum absolute atomic E-state index is 0.329. The number of rotatable bonds is 2. The first-order chi connectivity index (χ1) is 9.15. The molecule has 0 fully saturated rings. The van der Waals surface area contributed by atoms with Gasteiger partial charge in [0.25, 0.3) is 5.91 Å². The summed E-state index contributed by atoms with van der Waals surface area (Å²) in [6.45, 7) is 0. The van der Waals surface area contributed by atoms with Crippen molar-refractivity contribution in [3.63, 3.8) is 0 Å². The Kier molecular flexibility index (Phi) is 2.76. The second-order valence-corrected chi connectivity index (χ2v) is 5.14. The molecule has 0 atom stereocenters. The summed E-state index contributed by atoms with van der Waals surface area (Å²) in [5, 5.41) is 0.728. The number of nitrogens with zero attached hydrogens (tertiary/aromatic N) is 1. The molecule has 1 aromatic carbocycles. The van der Waals surface area contributed by atoms with Crippen LogP contribution in [0.15, 0.2) is 42.6 Å². The fraction of sp³-hybridized carbons (Fsp3) is 0. The van der Waals surface area contributed by atoms with Crippen molar-refractivity contribution in [2.24, 2.45) is 5.73 Å². The topological polar surface area (TPSA) is 56.0 Å². The lowest BCUT2D eigenvalue weighted by molar-refractivity contribution is 0.100. The zero-order valence-corrected chi connectivity index (χ0v) is 10.6. The van der Waals surface area contributed by atoms with Crippen molar-refractivity contribution >= 4 is 28.1 Å². The molecule has 2 aromatic heterocycles. The van der Waals surface area contributed by atoms with E-state index in [9.17, 15) is 9.18 Å². The van der Waals surface area contributed by atoms with Crippen molar-refractivity contribution in [2.45, 2.75) is 0 Å². The molecular formula is C14H9FN2OS. The third-order valence-electron chi connectivity index (χ3n) is 2.78. The molecule has 3 rings (SSSR count). The zero-order valence-electron chi connectivity index (χ0n) is 9.76. The number of carbonyl (C=O) groups excluding carboxylic acids is 1. The van der Waals surface area contributed by atoms with Gasteiger partial charge in [-0.1, -0.05) is 6.07 Å². The number of fused-ring (bicyclic) bond motifs is 1. The van der Waals surface area contributed by atoms with Gasteiger partial charge in [0.2, 0.25) is 0 Å². The molecule has 0 saturated heterocycles. The largest absolute Gasteiger partial charge is 0.365 e. The summed E-state index contributed by atoms with van der Waals surface area (Å²) < 4.78 is 13.6. The number of aromatic nitrogens is 1. The van der Waals surface area contributed by atoms with Gasteiger partial charge in [-0.2, -0.15) is 0 Å². The normalized spacial score (nSPS) is 10.8.